The van der Waals surface area contributed by atoms with E-state index in [-0.39, 0.29) is 11.8 Å². The lowest BCUT2D eigenvalue weighted by Crippen LogP contribution is -2.59. The number of amides is 2. The van der Waals surface area contributed by atoms with Gasteiger partial charge in [-0.05, 0) is 18.4 Å². The Balaban J connectivity index is 2.12. The van der Waals surface area contributed by atoms with Gasteiger partial charge in [0, 0.05) is 26.2 Å². The topological polar surface area (TPSA) is 61.4 Å². The van der Waals surface area contributed by atoms with Gasteiger partial charge in [-0.1, -0.05) is 6.07 Å². The maximum Gasteiger partial charge on any atom is 0.264 e. The predicted molar refractivity (Wildman–Crippen MR) is 70.7 cm³/mol. The molecule has 0 saturated carbocycles. The van der Waals surface area contributed by atoms with E-state index in [0.717, 1.165) is 6.54 Å². The van der Waals surface area contributed by atoms with Crippen LogP contribution in [0.25, 0.3) is 0 Å². The molecule has 5 nitrogen and oxygen atoms in total. The monoisotopic (exact) mass is 267 g/mol. The predicted octanol–water partition coefficient (Wildman–Crippen LogP) is 0.298. The van der Waals surface area contributed by atoms with E-state index in [4.69, 9.17) is 0 Å². The maximum absolute atomic E-state index is 12.3. The van der Waals surface area contributed by atoms with Gasteiger partial charge in [-0.25, -0.2) is 0 Å². The van der Waals surface area contributed by atoms with Crippen molar-refractivity contribution in [3.63, 3.8) is 0 Å². The minimum atomic E-state index is -0.409. The highest BCUT2D eigenvalue weighted by atomic mass is 32.1. The molecule has 0 spiro atoms. The van der Waals surface area contributed by atoms with Gasteiger partial charge in [0.25, 0.3) is 5.91 Å². The van der Waals surface area contributed by atoms with Crippen LogP contribution in [0.2, 0.25) is 0 Å². The van der Waals surface area contributed by atoms with Gasteiger partial charge in [0.2, 0.25) is 5.91 Å². The summed E-state index contributed by atoms with van der Waals surface area (Å²) in [6.45, 7) is 4.27. The van der Waals surface area contributed by atoms with Gasteiger partial charge >= 0.3 is 0 Å². The summed E-state index contributed by atoms with van der Waals surface area (Å²) in [6, 6.07) is 3.23. The van der Waals surface area contributed by atoms with Crippen LogP contribution in [0.5, 0.6) is 0 Å². The SMILES string of the molecule is CCNC(=O)C1CNCCN1C(=O)c1cccs1. The van der Waals surface area contributed by atoms with Crippen LogP contribution in [-0.2, 0) is 4.79 Å². The second kappa shape index (κ2) is 5.97. The molecule has 1 fully saturated rings. The van der Waals surface area contributed by atoms with E-state index in [1.807, 2.05) is 18.4 Å². The van der Waals surface area contributed by atoms with Crippen molar-refractivity contribution in [1.29, 1.82) is 0 Å². The summed E-state index contributed by atoms with van der Waals surface area (Å²) in [6.07, 6.45) is 0. The Labute approximate surface area is 110 Å². The fraction of sp³-hybridized carbons (Fsp3) is 0.500. The van der Waals surface area contributed by atoms with Gasteiger partial charge in [0.15, 0.2) is 0 Å². The zero-order valence-electron chi connectivity index (χ0n) is 10.3. The van der Waals surface area contributed by atoms with Crippen molar-refractivity contribution in [3.8, 4) is 0 Å². The van der Waals surface area contributed by atoms with E-state index in [2.05, 4.69) is 10.6 Å². The number of thiophene rings is 1. The molecule has 0 radical (unpaired) electrons. The summed E-state index contributed by atoms with van der Waals surface area (Å²) in [7, 11) is 0. The third-order valence-electron chi connectivity index (χ3n) is 2.89. The second-order valence-electron chi connectivity index (χ2n) is 4.09. The standard InChI is InChI=1S/C12H17N3O2S/c1-2-14-11(16)9-8-13-5-6-15(9)12(17)10-4-3-7-18-10/h3-4,7,9,13H,2,5-6,8H2,1H3,(H,14,16). The largest absolute Gasteiger partial charge is 0.355 e. The molecule has 2 heterocycles. The van der Waals surface area contributed by atoms with E-state index >= 15 is 0 Å². The van der Waals surface area contributed by atoms with Crippen LogP contribution < -0.4 is 10.6 Å². The number of likely N-dealkylation sites (N-methyl/N-ethyl adjacent to an activating group) is 1. The molecule has 1 saturated heterocycles. The van der Waals surface area contributed by atoms with Crippen molar-refractivity contribution in [2.45, 2.75) is 13.0 Å². The Kier molecular flexibility index (Phi) is 4.33. The molecule has 1 aromatic rings. The second-order valence-corrected chi connectivity index (χ2v) is 5.04. The van der Waals surface area contributed by atoms with E-state index < -0.39 is 6.04 Å². The van der Waals surface area contributed by atoms with Crippen molar-refractivity contribution in [2.75, 3.05) is 26.2 Å². The molecule has 1 atom stereocenters. The molecular weight excluding hydrogens is 250 g/mol. The van der Waals surface area contributed by atoms with Crippen LogP contribution in [0, 0.1) is 0 Å². The van der Waals surface area contributed by atoms with Gasteiger partial charge in [0.1, 0.15) is 6.04 Å². The average Bonchev–Trinajstić information content (AvgIpc) is 2.92. The maximum atomic E-state index is 12.3. The van der Waals surface area contributed by atoms with E-state index in [9.17, 15) is 9.59 Å². The summed E-state index contributed by atoms with van der Waals surface area (Å²) in [5, 5.41) is 7.80. The van der Waals surface area contributed by atoms with Crippen molar-refractivity contribution >= 4 is 23.2 Å². The Morgan fingerprint density at radius 1 is 1.61 bits per heavy atom. The molecule has 2 amide bonds. The molecule has 18 heavy (non-hydrogen) atoms. The van der Waals surface area contributed by atoms with Crippen molar-refractivity contribution in [1.82, 2.24) is 15.5 Å². The Morgan fingerprint density at radius 2 is 2.44 bits per heavy atom. The number of nitrogens with zero attached hydrogens (tertiary/aromatic N) is 1. The van der Waals surface area contributed by atoms with Gasteiger partial charge in [-0.15, -0.1) is 11.3 Å². The van der Waals surface area contributed by atoms with Crippen molar-refractivity contribution in [3.05, 3.63) is 22.4 Å². The minimum absolute atomic E-state index is 0.0530. The molecule has 1 aromatic heterocycles. The Morgan fingerprint density at radius 3 is 3.11 bits per heavy atom. The summed E-state index contributed by atoms with van der Waals surface area (Å²) < 4.78 is 0. The van der Waals surface area contributed by atoms with Crippen LogP contribution in [0.4, 0.5) is 0 Å². The fourth-order valence-electron chi connectivity index (χ4n) is 2.02. The van der Waals surface area contributed by atoms with Gasteiger partial charge in [0.05, 0.1) is 4.88 Å². The first-order valence-corrected chi connectivity index (χ1v) is 6.95. The number of hydrogen-bond acceptors (Lipinski definition) is 4. The molecule has 2 N–H and O–H groups in total. The molecule has 2 rings (SSSR count). The average molecular weight is 267 g/mol. The highest BCUT2D eigenvalue weighted by Gasteiger charge is 2.32. The quantitative estimate of drug-likeness (QED) is 0.828. The Bertz CT molecular complexity index is 419. The number of hydrogen-bond donors (Lipinski definition) is 2. The molecule has 1 aliphatic rings. The molecule has 0 aromatic carbocycles. The van der Waals surface area contributed by atoms with Crippen LogP contribution in [-0.4, -0.2) is 48.9 Å². The summed E-state index contributed by atoms with van der Waals surface area (Å²) >= 11 is 1.41. The third-order valence-corrected chi connectivity index (χ3v) is 3.75. The number of piperazine rings is 1. The third kappa shape index (κ3) is 2.70. The molecule has 0 bridgehead atoms. The molecule has 0 aliphatic carbocycles. The van der Waals surface area contributed by atoms with Gasteiger partial charge in [-0.3, -0.25) is 9.59 Å². The first-order chi connectivity index (χ1) is 8.74. The highest BCUT2D eigenvalue weighted by Crippen LogP contribution is 2.15. The first-order valence-electron chi connectivity index (χ1n) is 6.07. The fourth-order valence-corrected chi connectivity index (χ4v) is 2.69. The number of carbonyl (C=O) groups is 2. The zero-order valence-corrected chi connectivity index (χ0v) is 11.1. The lowest BCUT2D eigenvalue weighted by atomic mass is 10.1. The van der Waals surface area contributed by atoms with E-state index in [1.165, 1.54) is 11.3 Å². The van der Waals surface area contributed by atoms with E-state index in [1.54, 1.807) is 11.0 Å². The molecule has 1 aliphatic heterocycles. The van der Waals surface area contributed by atoms with Crippen LogP contribution in [0.1, 0.15) is 16.6 Å². The molecule has 98 valence electrons. The lowest BCUT2D eigenvalue weighted by Gasteiger charge is -2.34. The number of rotatable bonds is 3. The summed E-state index contributed by atoms with van der Waals surface area (Å²) in [4.78, 5) is 26.6. The number of carbonyl (C=O) groups excluding carboxylic acids is 2. The van der Waals surface area contributed by atoms with Gasteiger partial charge < -0.3 is 15.5 Å². The smallest absolute Gasteiger partial charge is 0.264 e. The van der Waals surface area contributed by atoms with Crippen molar-refractivity contribution < 1.29 is 9.59 Å². The summed E-state index contributed by atoms with van der Waals surface area (Å²) in [5.41, 5.74) is 0. The highest BCUT2D eigenvalue weighted by molar-refractivity contribution is 7.12. The zero-order chi connectivity index (χ0) is 13.0. The van der Waals surface area contributed by atoms with Crippen LogP contribution in [0.15, 0.2) is 17.5 Å². The lowest BCUT2D eigenvalue weighted by molar-refractivity contribution is -0.126. The first kappa shape index (κ1) is 13.0. The van der Waals surface area contributed by atoms with Gasteiger partial charge in [-0.2, -0.15) is 0 Å². The van der Waals surface area contributed by atoms with E-state index in [0.29, 0.717) is 24.5 Å². The summed E-state index contributed by atoms with van der Waals surface area (Å²) in [5.74, 6) is -0.141. The Hall–Kier alpha value is -1.40. The molecule has 6 heteroatoms. The minimum Gasteiger partial charge on any atom is -0.355 e. The van der Waals surface area contributed by atoms with Crippen molar-refractivity contribution in [2.24, 2.45) is 0 Å². The normalized spacial score (nSPS) is 19.6. The molecule has 1 unspecified atom stereocenters. The molecular formula is C12H17N3O2S. The van der Waals surface area contributed by atoms with Crippen LogP contribution >= 0.6 is 11.3 Å². The number of nitrogens with one attached hydrogen (secondary N) is 2. The van der Waals surface area contributed by atoms with Crippen LogP contribution in [0.3, 0.4) is 0 Å².